The maximum Gasteiger partial charge on any atom is 0.379 e. The highest BCUT2D eigenvalue weighted by molar-refractivity contribution is 7.80. The molecule has 1 aliphatic rings. The molecular formula is C20H17N3O5S. The van der Waals surface area contributed by atoms with E-state index in [-0.39, 0.29) is 16.4 Å². The van der Waals surface area contributed by atoms with Crippen LogP contribution in [-0.4, -0.2) is 28.9 Å². The predicted molar refractivity (Wildman–Crippen MR) is 110 cm³/mol. The Morgan fingerprint density at radius 3 is 2.48 bits per heavy atom. The van der Waals surface area contributed by atoms with Crippen LogP contribution in [0.15, 0.2) is 54.1 Å². The van der Waals surface area contributed by atoms with Gasteiger partial charge in [0, 0.05) is 12.1 Å². The number of rotatable bonds is 5. The van der Waals surface area contributed by atoms with Crippen molar-refractivity contribution in [1.29, 1.82) is 0 Å². The van der Waals surface area contributed by atoms with Crippen molar-refractivity contribution < 1.29 is 19.2 Å². The summed E-state index contributed by atoms with van der Waals surface area (Å²) >= 11 is 5.29. The summed E-state index contributed by atoms with van der Waals surface area (Å²) in [7, 11) is 1.11. The highest BCUT2D eigenvalue weighted by atomic mass is 32.1. The molecule has 0 spiro atoms. The van der Waals surface area contributed by atoms with Crippen LogP contribution in [-0.2, 0) is 14.3 Å². The average molecular weight is 411 g/mol. The van der Waals surface area contributed by atoms with Gasteiger partial charge in [0.05, 0.1) is 29.3 Å². The van der Waals surface area contributed by atoms with Gasteiger partial charge in [-0.3, -0.25) is 14.9 Å². The number of non-ortho nitro benzene ring substituents is 1. The number of ether oxygens (including phenoxy) is 1. The number of aryl methyl sites for hydroxylation is 1. The lowest BCUT2D eigenvalue weighted by Crippen LogP contribution is -2.46. The van der Waals surface area contributed by atoms with Crippen molar-refractivity contribution in [2.45, 2.75) is 13.0 Å². The molecule has 0 bridgehead atoms. The number of carbonyl (C=O) groups is 2. The van der Waals surface area contributed by atoms with Crippen LogP contribution in [0.2, 0.25) is 0 Å². The minimum absolute atomic E-state index is 0.0646. The third kappa shape index (κ3) is 4.14. The van der Waals surface area contributed by atoms with E-state index in [4.69, 9.17) is 12.2 Å². The first kappa shape index (κ1) is 20.2. The standard InChI is InChI=1S/C20H17N3O5S/c1-11-6-8-12(9-7-11)16-15(18(24)19(25)28-2)17(22-20(29)21-16)13-4-3-5-14(10-13)23(26)27/h3-10,17H,1-2H3,(H2,21,22,29)/t17-/m0/s1. The number of esters is 1. The van der Waals surface area contributed by atoms with Gasteiger partial charge in [0.25, 0.3) is 11.5 Å². The number of thiocarbonyl (C=S) groups is 1. The SMILES string of the molecule is COC(=O)C(=O)C1=C(c2ccc(C)cc2)NC(=S)N[C@H]1c1cccc([N+](=O)[O-])c1. The molecule has 0 amide bonds. The summed E-state index contributed by atoms with van der Waals surface area (Å²) in [4.78, 5) is 35.6. The quantitative estimate of drug-likeness (QED) is 0.254. The monoisotopic (exact) mass is 411 g/mol. The Morgan fingerprint density at radius 2 is 1.86 bits per heavy atom. The van der Waals surface area contributed by atoms with E-state index in [0.29, 0.717) is 16.8 Å². The van der Waals surface area contributed by atoms with E-state index in [2.05, 4.69) is 15.4 Å². The molecule has 1 atom stereocenters. The lowest BCUT2D eigenvalue weighted by Gasteiger charge is -2.31. The Hall–Kier alpha value is -3.59. The van der Waals surface area contributed by atoms with Crippen molar-refractivity contribution in [3.05, 3.63) is 80.9 Å². The van der Waals surface area contributed by atoms with Crippen LogP contribution < -0.4 is 10.6 Å². The highest BCUT2D eigenvalue weighted by Gasteiger charge is 2.36. The lowest BCUT2D eigenvalue weighted by atomic mass is 9.89. The number of ketones is 1. The molecule has 0 fully saturated rings. The van der Waals surface area contributed by atoms with Gasteiger partial charge in [0.1, 0.15) is 0 Å². The molecule has 148 valence electrons. The number of Topliss-reactive ketones (excluding diaryl/α,β-unsaturated/α-hetero) is 1. The van der Waals surface area contributed by atoms with Gasteiger partial charge in [-0.25, -0.2) is 4.79 Å². The molecule has 0 aromatic heterocycles. The molecule has 8 nitrogen and oxygen atoms in total. The second kappa shape index (κ2) is 8.19. The number of nitrogens with one attached hydrogen (secondary N) is 2. The summed E-state index contributed by atoms with van der Waals surface area (Å²) in [5.74, 6) is -1.92. The molecule has 3 rings (SSSR count). The summed E-state index contributed by atoms with van der Waals surface area (Å²) < 4.78 is 4.62. The largest absolute Gasteiger partial charge is 0.463 e. The maximum absolute atomic E-state index is 12.9. The molecule has 2 N–H and O–H groups in total. The van der Waals surface area contributed by atoms with E-state index in [1.54, 1.807) is 18.2 Å². The van der Waals surface area contributed by atoms with Crippen LogP contribution in [0.4, 0.5) is 5.69 Å². The van der Waals surface area contributed by atoms with E-state index in [1.807, 2.05) is 19.1 Å². The minimum atomic E-state index is -1.04. The fraction of sp³-hybridized carbons (Fsp3) is 0.150. The summed E-state index contributed by atoms with van der Waals surface area (Å²) in [5, 5.41) is 17.3. The van der Waals surface area contributed by atoms with Gasteiger partial charge >= 0.3 is 5.97 Å². The third-order valence-corrected chi connectivity index (χ3v) is 4.66. The molecule has 0 aliphatic carbocycles. The number of benzene rings is 2. The molecule has 2 aromatic rings. The smallest absolute Gasteiger partial charge is 0.379 e. The summed E-state index contributed by atoms with van der Waals surface area (Å²) in [6.45, 7) is 1.92. The fourth-order valence-electron chi connectivity index (χ4n) is 3.03. The van der Waals surface area contributed by atoms with Gasteiger partial charge in [0.2, 0.25) is 0 Å². The van der Waals surface area contributed by atoms with Crippen molar-refractivity contribution in [1.82, 2.24) is 10.6 Å². The number of hydrogen-bond donors (Lipinski definition) is 2. The van der Waals surface area contributed by atoms with Gasteiger partial charge < -0.3 is 15.4 Å². The van der Waals surface area contributed by atoms with Crippen LogP contribution in [0.25, 0.3) is 5.70 Å². The van der Waals surface area contributed by atoms with Crippen LogP contribution >= 0.6 is 12.2 Å². The summed E-state index contributed by atoms with van der Waals surface area (Å²) in [5.41, 5.74) is 2.34. The second-order valence-corrected chi connectivity index (χ2v) is 6.77. The topological polar surface area (TPSA) is 111 Å². The summed E-state index contributed by atoms with van der Waals surface area (Å²) in [6, 6.07) is 12.2. The highest BCUT2D eigenvalue weighted by Crippen LogP contribution is 2.33. The van der Waals surface area contributed by atoms with E-state index >= 15 is 0 Å². The third-order valence-electron chi connectivity index (χ3n) is 4.44. The van der Waals surface area contributed by atoms with Crippen molar-refractivity contribution in [3.63, 3.8) is 0 Å². The molecule has 9 heteroatoms. The number of hydrogen-bond acceptors (Lipinski definition) is 6. The van der Waals surface area contributed by atoms with Crippen LogP contribution in [0.1, 0.15) is 22.7 Å². The number of nitro groups is 1. The minimum Gasteiger partial charge on any atom is -0.463 e. The Kier molecular flexibility index (Phi) is 5.69. The van der Waals surface area contributed by atoms with E-state index < -0.39 is 22.7 Å². The van der Waals surface area contributed by atoms with Crippen molar-refractivity contribution in [2.24, 2.45) is 0 Å². The van der Waals surface area contributed by atoms with E-state index in [9.17, 15) is 19.7 Å². The number of carbonyl (C=O) groups excluding carboxylic acids is 2. The second-order valence-electron chi connectivity index (χ2n) is 6.36. The van der Waals surface area contributed by atoms with Crippen LogP contribution in [0.5, 0.6) is 0 Å². The Morgan fingerprint density at radius 1 is 1.17 bits per heavy atom. The van der Waals surface area contributed by atoms with Crippen molar-refractivity contribution in [3.8, 4) is 0 Å². The van der Waals surface area contributed by atoms with Gasteiger partial charge in [-0.2, -0.15) is 0 Å². The Labute approximate surface area is 171 Å². The van der Waals surface area contributed by atoms with Gasteiger partial charge in [-0.1, -0.05) is 42.0 Å². The maximum atomic E-state index is 12.9. The first-order valence-electron chi connectivity index (χ1n) is 8.57. The van der Waals surface area contributed by atoms with Gasteiger partial charge in [0.15, 0.2) is 5.11 Å². The molecule has 0 radical (unpaired) electrons. The number of nitro benzene ring substituents is 1. The average Bonchev–Trinajstić information content (AvgIpc) is 2.72. The molecule has 29 heavy (non-hydrogen) atoms. The van der Waals surface area contributed by atoms with E-state index in [0.717, 1.165) is 12.7 Å². The Bertz CT molecular complexity index is 1050. The molecule has 0 saturated carbocycles. The molecule has 0 unspecified atom stereocenters. The summed E-state index contributed by atoms with van der Waals surface area (Å²) in [6.07, 6.45) is 0. The number of nitrogens with zero attached hydrogens (tertiary/aromatic N) is 1. The molecule has 0 saturated heterocycles. The molecular weight excluding hydrogens is 394 g/mol. The zero-order chi connectivity index (χ0) is 21.1. The molecule has 2 aromatic carbocycles. The van der Waals surface area contributed by atoms with Crippen molar-refractivity contribution in [2.75, 3.05) is 7.11 Å². The molecule has 1 heterocycles. The van der Waals surface area contributed by atoms with E-state index in [1.165, 1.54) is 18.2 Å². The number of methoxy groups -OCH3 is 1. The lowest BCUT2D eigenvalue weighted by molar-refractivity contribution is -0.384. The Balaban J connectivity index is 2.23. The van der Waals surface area contributed by atoms with Gasteiger partial charge in [-0.15, -0.1) is 0 Å². The first-order valence-corrected chi connectivity index (χ1v) is 8.98. The van der Waals surface area contributed by atoms with Crippen molar-refractivity contribution >= 4 is 40.5 Å². The zero-order valence-corrected chi connectivity index (χ0v) is 16.4. The van der Waals surface area contributed by atoms with Crippen LogP contribution in [0.3, 0.4) is 0 Å². The first-order chi connectivity index (χ1) is 13.8. The normalized spacial score (nSPS) is 15.9. The zero-order valence-electron chi connectivity index (χ0n) is 15.6. The predicted octanol–water partition coefficient (Wildman–Crippen LogP) is 2.58. The van der Waals surface area contributed by atoms with Crippen LogP contribution in [0, 0.1) is 17.0 Å². The fourth-order valence-corrected chi connectivity index (χ4v) is 3.25. The molecule has 1 aliphatic heterocycles. The van der Waals surface area contributed by atoms with Gasteiger partial charge in [-0.05, 0) is 30.3 Å².